The Morgan fingerprint density at radius 2 is 2.00 bits per heavy atom. The summed E-state index contributed by atoms with van der Waals surface area (Å²) in [5.74, 6) is 0.844. The van der Waals surface area contributed by atoms with Crippen LogP contribution in [0.25, 0.3) is 0 Å². The Balaban J connectivity index is 2.10. The number of carbonyl (C=O) groups excluding carboxylic acids is 1. The summed E-state index contributed by atoms with van der Waals surface area (Å²) in [4.78, 5) is 13.8. The molecule has 1 saturated carbocycles. The number of rotatable bonds is 3. The van der Waals surface area contributed by atoms with Crippen LogP contribution in [0, 0.1) is 23.2 Å². The Hall–Kier alpha value is -1.82. The molecular weight excluding hydrogens is 212 g/mol. The van der Waals surface area contributed by atoms with E-state index in [0.717, 1.165) is 5.69 Å². The van der Waals surface area contributed by atoms with Crippen molar-refractivity contribution in [3.63, 3.8) is 0 Å². The number of amides is 1. The highest BCUT2D eigenvalue weighted by molar-refractivity contribution is 5.94. The van der Waals surface area contributed by atoms with Crippen molar-refractivity contribution >= 4 is 11.6 Å². The molecule has 1 aliphatic rings. The molecule has 17 heavy (non-hydrogen) atoms. The molecule has 1 aromatic rings. The predicted octanol–water partition coefficient (Wildman–Crippen LogP) is 2.57. The topological polar surface area (TPSA) is 44.1 Å². The van der Waals surface area contributed by atoms with Gasteiger partial charge in [0.05, 0.1) is 11.6 Å². The van der Waals surface area contributed by atoms with Crippen molar-refractivity contribution in [2.24, 2.45) is 11.8 Å². The molecule has 0 bridgehead atoms. The Morgan fingerprint density at radius 3 is 2.47 bits per heavy atom. The maximum atomic E-state index is 12.1. The maximum Gasteiger partial charge on any atom is 0.229 e. The highest BCUT2D eigenvalue weighted by Crippen LogP contribution is 2.37. The molecule has 1 aliphatic carbocycles. The van der Waals surface area contributed by atoms with Gasteiger partial charge in [-0.25, -0.2) is 0 Å². The van der Waals surface area contributed by atoms with Crippen LogP contribution in [0.5, 0.6) is 0 Å². The molecule has 3 nitrogen and oxygen atoms in total. The molecule has 3 heteroatoms. The van der Waals surface area contributed by atoms with Gasteiger partial charge in [0, 0.05) is 18.7 Å². The number of hydrogen-bond donors (Lipinski definition) is 0. The normalized spacial score (nSPS) is 16.1. The minimum atomic E-state index is 0.107. The smallest absolute Gasteiger partial charge is 0.229 e. The van der Waals surface area contributed by atoms with Gasteiger partial charge in [0.1, 0.15) is 0 Å². The predicted molar refractivity (Wildman–Crippen MR) is 66.5 cm³/mol. The minimum absolute atomic E-state index is 0.107. The van der Waals surface area contributed by atoms with E-state index in [2.05, 4.69) is 6.07 Å². The number of hydrogen-bond acceptors (Lipinski definition) is 2. The van der Waals surface area contributed by atoms with E-state index in [9.17, 15) is 4.79 Å². The molecule has 1 unspecified atom stereocenters. The van der Waals surface area contributed by atoms with Crippen LogP contribution in [0.4, 0.5) is 5.69 Å². The SMILES string of the molecule is CC(C(=O)N(C)c1ccc(C#N)cc1)C1CC1. The molecule has 88 valence electrons. The highest BCUT2D eigenvalue weighted by Gasteiger charge is 2.34. The van der Waals surface area contributed by atoms with Crippen LogP contribution < -0.4 is 4.90 Å². The first-order chi connectivity index (χ1) is 8.13. The van der Waals surface area contributed by atoms with Crippen molar-refractivity contribution in [1.82, 2.24) is 0 Å². The molecule has 0 aromatic heterocycles. The average molecular weight is 228 g/mol. The van der Waals surface area contributed by atoms with Crippen LogP contribution in [0.1, 0.15) is 25.3 Å². The average Bonchev–Trinajstić information content (AvgIpc) is 3.20. The Kier molecular flexibility index (Phi) is 3.14. The van der Waals surface area contributed by atoms with Crippen LogP contribution in [0.15, 0.2) is 24.3 Å². The van der Waals surface area contributed by atoms with Gasteiger partial charge < -0.3 is 4.90 Å². The molecule has 1 aromatic carbocycles. The van der Waals surface area contributed by atoms with Crippen molar-refractivity contribution in [3.8, 4) is 6.07 Å². The van der Waals surface area contributed by atoms with Crippen LogP contribution in [-0.4, -0.2) is 13.0 Å². The first-order valence-electron chi connectivity index (χ1n) is 5.91. The summed E-state index contributed by atoms with van der Waals surface area (Å²) < 4.78 is 0. The molecule has 0 saturated heterocycles. The lowest BCUT2D eigenvalue weighted by molar-refractivity contribution is -0.122. The molecule has 1 amide bonds. The lowest BCUT2D eigenvalue weighted by Crippen LogP contribution is -2.32. The van der Waals surface area contributed by atoms with Gasteiger partial charge in [0.25, 0.3) is 0 Å². The van der Waals surface area contributed by atoms with Gasteiger partial charge in [0.2, 0.25) is 5.91 Å². The van der Waals surface area contributed by atoms with E-state index in [1.807, 2.05) is 19.1 Å². The first-order valence-corrected chi connectivity index (χ1v) is 5.91. The molecule has 2 rings (SSSR count). The molecule has 0 radical (unpaired) electrons. The fraction of sp³-hybridized carbons (Fsp3) is 0.429. The minimum Gasteiger partial charge on any atom is -0.315 e. The van der Waals surface area contributed by atoms with Gasteiger partial charge in [-0.15, -0.1) is 0 Å². The Bertz CT molecular complexity index is 454. The lowest BCUT2D eigenvalue weighted by atomic mass is 10.0. The van der Waals surface area contributed by atoms with Crippen LogP contribution >= 0.6 is 0 Å². The Labute approximate surface area is 102 Å². The quantitative estimate of drug-likeness (QED) is 0.798. The molecular formula is C14H16N2O. The third-order valence-corrected chi connectivity index (χ3v) is 3.43. The number of nitriles is 1. The van der Waals surface area contributed by atoms with E-state index in [0.29, 0.717) is 11.5 Å². The zero-order chi connectivity index (χ0) is 12.4. The summed E-state index contributed by atoms with van der Waals surface area (Å²) in [6, 6.07) is 9.17. The summed E-state index contributed by atoms with van der Waals surface area (Å²) in [5, 5.41) is 8.72. The van der Waals surface area contributed by atoms with Gasteiger partial charge in [-0.2, -0.15) is 5.26 Å². The summed E-state index contributed by atoms with van der Waals surface area (Å²) in [6.45, 7) is 2.00. The second kappa shape index (κ2) is 4.58. The van der Waals surface area contributed by atoms with Crippen molar-refractivity contribution < 1.29 is 4.79 Å². The van der Waals surface area contributed by atoms with Crippen LogP contribution in [-0.2, 0) is 4.79 Å². The molecule has 1 atom stereocenters. The molecule has 0 N–H and O–H groups in total. The second-order valence-corrected chi connectivity index (χ2v) is 4.68. The van der Waals surface area contributed by atoms with Gasteiger partial charge in [-0.3, -0.25) is 4.79 Å². The fourth-order valence-corrected chi connectivity index (χ4v) is 1.99. The van der Waals surface area contributed by atoms with E-state index >= 15 is 0 Å². The van der Waals surface area contributed by atoms with Crippen molar-refractivity contribution in [3.05, 3.63) is 29.8 Å². The van der Waals surface area contributed by atoms with Crippen molar-refractivity contribution in [1.29, 1.82) is 5.26 Å². The van der Waals surface area contributed by atoms with E-state index in [-0.39, 0.29) is 11.8 Å². The van der Waals surface area contributed by atoms with E-state index in [1.54, 1.807) is 24.1 Å². The standard InChI is InChI=1S/C14H16N2O/c1-10(12-5-6-12)14(17)16(2)13-7-3-11(9-15)4-8-13/h3-4,7-8,10,12H,5-6H2,1-2H3. The summed E-state index contributed by atoms with van der Waals surface area (Å²) in [5.41, 5.74) is 1.46. The third kappa shape index (κ3) is 2.47. The van der Waals surface area contributed by atoms with Crippen molar-refractivity contribution in [2.75, 3.05) is 11.9 Å². The summed E-state index contributed by atoms with van der Waals surface area (Å²) >= 11 is 0. The first kappa shape index (κ1) is 11.7. The van der Waals surface area contributed by atoms with Crippen LogP contribution in [0.2, 0.25) is 0 Å². The van der Waals surface area contributed by atoms with Crippen molar-refractivity contribution in [2.45, 2.75) is 19.8 Å². The highest BCUT2D eigenvalue weighted by atomic mass is 16.2. The zero-order valence-corrected chi connectivity index (χ0v) is 10.2. The monoisotopic (exact) mass is 228 g/mol. The van der Waals surface area contributed by atoms with E-state index in [1.165, 1.54) is 12.8 Å². The maximum absolute atomic E-state index is 12.1. The van der Waals surface area contributed by atoms with Crippen LogP contribution in [0.3, 0.4) is 0 Å². The third-order valence-electron chi connectivity index (χ3n) is 3.43. The molecule has 0 spiro atoms. The number of anilines is 1. The van der Waals surface area contributed by atoms with E-state index in [4.69, 9.17) is 5.26 Å². The Morgan fingerprint density at radius 1 is 1.41 bits per heavy atom. The molecule has 0 aliphatic heterocycles. The zero-order valence-electron chi connectivity index (χ0n) is 10.2. The fourth-order valence-electron chi connectivity index (χ4n) is 1.99. The lowest BCUT2D eigenvalue weighted by Gasteiger charge is -2.21. The number of nitrogens with zero attached hydrogens (tertiary/aromatic N) is 2. The van der Waals surface area contributed by atoms with Gasteiger partial charge in [-0.05, 0) is 43.0 Å². The van der Waals surface area contributed by atoms with Gasteiger partial charge in [-0.1, -0.05) is 6.92 Å². The molecule has 1 fully saturated rings. The van der Waals surface area contributed by atoms with Gasteiger partial charge >= 0.3 is 0 Å². The summed E-state index contributed by atoms with van der Waals surface area (Å²) in [7, 11) is 1.79. The summed E-state index contributed by atoms with van der Waals surface area (Å²) in [6.07, 6.45) is 2.35. The van der Waals surface area contributed by atoms with Gasteiger partial charge in [0.15, 0.2) is 0 Å². The molecule has 0 heterocycles. The van der Waals surface area contributed by atoms with E-state index < -0.39 is 0 Å². The largest absolute Gasteiger partial charge is 0.315 e. The number of carbonyl (C=O) groups is 1. The number of benzene rings is 1. The second-order valence-electron chi connectivity index (χ2n) is 4.68.